The van der Waals surface area contributed by atoms with Gasteiger partial charge in [0.15, 0.2) is 11.5 Å². The first-order valence-electron chi connectivity index (χ1n) is 9.21. The Morgan fingerprint density at radius 1 is 1.11 bits per heavy atom. The summed E-state index contributed by atoms with van der Waals surface area (Å²) in [6, 6.07) is 9.94. The van der Waals surface area contributed by atoms with E-state index < -0.39 is 5.54 Å². The van der Waals surface area contributed by atoms with E-state index in [0.717, 1.165) is 36.8 Å². The number of benzene rings is 2. The van der Waals surface area contributed by atoms with Gasteiger partial charge in [-0.3, -0.25) is 4.79 Å². The lowest BCUT2D eigenvalue weighted by Gasteiger charge is -2.43. The van der Waals surface area contributed by atoms with E-state index in [-0.39, 0.29) is 18.1 Å². The van der Waals surface area contributed by atoms with E-state index in [1.165, 1.54) is 12.1 Å². The second-order valence-electron chi connectivity index (χ2n) is 7.12. The number of carbonyl (C=O) groups is 1. The molecule has 142 valence electrons. The maximum absolute atomic E-state index is 13.2. The van der Waals surface area contributed by atoms with Crippen molar-refractivity contribution in [2.45, 2.75) is 37.6 Å². The van der Waals surface area contributed by atoms with Crippen molar-refractivity contribution < 1.29 is 18.7 Å². The second kappa shape index (κ2) is 7.39. The van der Waals surface area contributed by atoms with Crippen molar-refractivity contribution in [1.29, 1.82) is 0 Å². The van der Waals surface area contributed by atoms with E-state index in [2.05, 4.69) is 5.32 Å². The van der Waals surface area contributed by atoms with Crippen LogP contribution in [0.2, 0.25) is 5.02 Å². The number of hydrogen-bond donors (Lipinski definition) is 1. The van der Waals surface area contributed by atoms with E-state index in [1.807, 2.05) is 6.07 Å². The Morgan fingerprint density at radius 3 is 2.56 bits per heavy atom. The minimum Gasteiger partial charge on any atom is -0.489 e. The van der Waals surface area contributed by atoms with Crippen LogP contribution in [0, 0.1) is 5.82 Å². The molecule has 1 aliphatic heterocycles. The van der Waals surface area contributed by atoms with Gasteiger partial charge in [0.25, 0.3) is 0 Å². The molecule has 1 amide bonds. The topological polar surface area (TPSA) is 47.6 Å². The fraction of sp³-hybridized carbons (Fsp3) is 0.381. The van der Waals surface area contributed by atoms with Crippen LogP contribution in [-0.2, 0) is 16.8 Å². The zero-order chi connectivity index (χ0) is 18.9. The predicted octanol–water partition coefficient (Wildman–Crippen LogP) is 4.38. The molecule has 6 heteroatoms. The number of ether oxygens (including phenoxy) is 2. The Bertz CT molecular complexity index is 849. The van der Waals surface area contributed by atoms with Crippen LogP contribution in [0.3, 0.4) is 0 Å². The van der Waals surface area contributed by atoms with Gasteiger partial charge in [-0.15, -0.1) is 0 Å². The largest absolute Gasteiger partial charge is 0.489 e. The third-order valence-corrected chi connectivity index (χ3v) is 5.49. The molecule has 4 nitrogen and oxygen atoms in total. The van der Waals surface area contributed by atoms with Gasteiger partial charge in [-0.1, -0.05) is 23.7 Å². The summed E-state index contributed by atoms with van der Waals surface area (Å²) in [5.41, 5.74) is 1.32. The molecular formula is C21H21ClFNO3. The molecule has 0 aromatic heterocycles. The van der Waals surface area contributed by atoms with Crippen molar-refractivity contribution in [2.75, 3.05) is 13.2 Å². The molecule has 2 aromatic carbocycles. The summed E-state index contributed by atoms with van der Waals surface area (Å²) in [7, 11) is 0. The summed E-state index contributed by atoms with van der Waals surface area (Å²) in [6.45, 7) is 1.12. The van der Waals surface area contributed by atoms with Crippen LogP contribution in [0.1, 0.15) is 36.8 Å². The first kappa shape index (κ1) is 18.1. The third-order valence-electron chi connectivity index (χ3n) is 5.21. The first-order valence-corrected chi connectivity index (χ1v) is 9.59. The van der Waals surface area contributed by atoms with Gasteiger partial charge in [0.05, 0.1) is 30.2 Å². The van der Waals surface area contributed by atoms with Gasteiger partial charge in [-0.05, 0) is 54.7 Å². The Morgan fingerprint density at radius 2 is 1.85 bits per heavy atom. The molecule has 4 rings (SSSR count). The molecule has 0 spiro atoms. The van der Waals surface area contributed by atoms with Crippen LogP contribution in [-0.4, -0.2) is 19.1 Å². The molecule has 1 aliphatic carbocycles. The standard InChI is InChI=1S/C21H21ClFNO3/c22-17-11-14(12-18-20(17)27-10-2-9-26-18)13-19(25)24-21(7-1-8-21)15-3-5-16(23)6-4-15/h3-6,11-12H,1-2,7-10,13H2,(H,24,25). The number of halogens is 2. The molecule has 1 saturated carbocycles. The predicted molar refractivity (Wildman–Crippen MR) is 101 cm³/mol. The zero-order valence-corrected chi connectivity index (χ0v) is 15.7. The third kappa shape index (κ3) is 3.74. The number of amides is 1. The van der Waals surface area contributed by atoms with Gasteiger partial charge in [-0.25, -0.2) is 4.39 Å². The molecule has 1 heterocycles. The molecule has 0 bridgehead atoms. The second-order valence-corrected chi connectivity index (χ2v) is 7.53. The Kier molecular flexibility index (Phi) is 4.96. The maximum atomic E-state index is 13.2. The van der Waals surface area contributed by atoms with Crippen molar-refractivity contribution in [2.24, 2.45) is 0 Å². The summed E-state index contributed by atoms with van der Waals surface area (Å²) in [6.07, 6.45) is 3.73. The Balaban J connectivity index is 1.50. The van der Waals surface area contributed by atoms with Gasteiger partial charge in [-0.2, -0.15) is 0 Å². The molecule has 1 N–H and O–H groups in total. The van der Waals surface area contributed by atoms with E-state index in [1.54, 1.807) is 18.2 Å². The summed E-state index contributed by atoms with van der Waals surface area (Å²) in [5, 5.41) is 3.60. The van der Waals surface area contributed by atoms with Gasteiger partial charge in [0.1, 0.15) is 5.82 Å². The lowest BCUT2D eigenvalue weighted by atomic mass is 9.71. The summed E-state index contributed by atoms with van der Waals surface area (Å²) >= 11 is 6.31. The van der Waals surface area contributed by atoms with Crippen LogP contribution >= 0.6 is 11.6 Å². The lowest BCUT2D eigenvalue weighted by molar-refractivity contribution is -0.123. The number of hydrogen-bond acceptors (Lipinski definition) is 3. The highest BCUT2D eigenvalue weighted by atomic mass is 35.5. The zero-order valence-electron chi connectivity index (χ0n) is 14.9. The number of nitrogens with one attached hydrogen (secondary N) is 1. The summed E-state index contributed by atoms with van der Waals surface area (Å²) in [4.78, 5) is 12.7. The van der Waals surface area contributed by atoms with Gasteiger partial charge in [0.2, 0.25) is 5.91 Å². The van der Waals surface area contributed by atoms with E-state index in [9.17, 15) is 9.18 Å². The molecular weight excluding hydrogens is 369 g/mol. The highest BCUT2D eigenvalue weighted by Crippen LogP contribution is 2.42. The fourth-order valence-corrected chi connectivity index (χ4v) is 3.96. The smallest absolute Gasteiger partial charge is 0.225 e. The van der Waals surface area contributed by atoms with Crippen LogP contribution in [0.5, 0.6) is 11.5 Å². The number of rotatable bonds is 4. The van der Waals surface area contributed by atoms with Crippen LogP contribution in [0.4, 0.5) is 4.39 Å². The Labute approximate surface area is 162 Å². The monoisotopic (exact) mass is 389 g/mol. The highest BCUT2D eigenvalue weighted by Gasteiger charge is 2.39. The minimum absolute atomic E-state index is 0.0930. The molecule has 0 atom stereocenters. The lowest BCUT2D eigenvalue weighted by Crippen LogP contribution is -2.51. The molecule has 1 fully saturated rings. The van der Waals surface area contributed by atoms with Crippen molar-refractivity contribution in [3.05, 3.63) is 58.4 Å². The van der Waals surface area contributed by atoms with Crippen LogP contribution in [0.15, 0.2) is 36.4 Å². The van der Waals surface area contributed by atoms with Crippen LogP contribution in [0.25, 0.3) is 0 Å². The Hall–Kier alpha value is -2.27. The van der Waals surface area contributed by atoms with Gasteiger partial charge >= 0.3 is 0 Å². The fourth-order valence-electron chi connectivity index (χ4n) is 3.67. The average molecular weight is 390 g/mol. The molecule has 0 saturated heterocycles. The summed E-state index contributed by atoms with van der Waals surface area (Å²) in [5.74, 6) is 0.755. The minimum atomic E-state index is -0.403. The van der Waals surface area contributed by atoms with Crippen molar-refractivity contribution in [1.82, 2.24) is 5.32 Å². The quantitative estimate of drug-likeness (QED) is 0.844. The molecule has 2 aliphatic rings. The van der Waals surface area contributed by atoms with Crippen molar-refractivity contribution >= 4 is 17.5 Å². The maximum Gasteiger partial charge on any atom is 0.225 e. The normalized spacial score (nSPS) is 17.6. The molecule has 2 aromatic rings. The summed E-state index contributed by atoms with van der Waals surface area (Å²) < 4.78 is 24.5. The first-order chi connectivity index (χ1) is 13.1. The van der Waals surface area contributed by atoms with Gasteiger partial charge in [0, 0.05) is 6.42 Å². The van der Waals surface area contributed by atoms with Gasteiger partial charge < -0.3 is 14.8 Å². The van der Waals surface area contributed by atoms with Crippen LogP contribution < -0.4 is 14.8 Å². The SMILES string of the molecule is O=C(Cc1cc(Cl)c2c(c1)OCCCO2)NC1(c2ccc(F)cc2)CCC1. The van der Waals surface area contributed by atoms with Crippen molar-refractivity contribution in [3.8, 4) is 11.5 Å². The molecule has 0 unspecified atom stereocenters. The molecule has 0 radical (unpaired) electrons. The van der Waals surface area contributed by atoms with Crippen molar-refractivity contribution in [3.63, 3.8) is 0 Å². The van der Waals surface area contributed by atoms with E-state index in [4.69, 9.17) is 21.1 Å². The number of carbonyl (C=O) groups excluding carboxylic acids is 1. The number of fused-ring (bicyclic) bond motifs is 1. The highest BCUT2D eigenvalue weighted by molar-refractivity contribution is 6.32. The van der Waals surface area contributed by atoms with E-state index in [0.29, 0.717) is 29.7 Å². The van der Waals surface area contributed by atoms with E-state index >= 15 is 0 Å². The molecule has 27 heavy (non-hydrogen) atoms. The average Bonchev–Trinajstić information content (AvgIpc) is 2.85.